The van der Waals surface area contributed by atoms with Crippen LogP contribution < -0.4 is 5.32 Å². The Morgan fingerprint density at radius 1 is 1.00 bits per heavy atom. The number of nitrogens with zero attached hydrogens (tertiary/aromatic N) is 4. The molecule has 2 heterocycles. The number of hydrogen-bond donors (Lipinski definition) is 1. The summed E-state index contributed by atoms with van der Waals surface area (Å²) in [4.78, 5) is 27.0. The molecule has 2 unspecified atom stereocenters. The average Bonchev–Trinajstić information content (AvgIpc) is 3.26. The number of hydrogen-bond acceptors (Lipinski definition) is 5. The second-order valence-corrected chi connectivity index (χ2v) is 8.13. The van der Waals surface area contributed by atoms with Crippen molar-refractivity contribution in [2.75, 3.05) is 13.1 Å². The maximum Gasteiger partial charge on any atom is 0.273 e. The third kappa shape index (κ3) is 5.39. The lowest BCUT2D eigenvalue weighted by atomic mass is 10.1. The summed E-state index contributed by atoms with van der Waals surface area (Å²) in [7, 11) is 0. The van der Waals surface area contributed by atoms with E-state index in [1.54, 1.807) is 23.0 Å². The van der Waals surface area contributed by atoms with Gasteiger partial charge in [0.25, 0.3) is 11.8 Å². The van der Waals surface area contributed by atoms with E-state index >= 15 is 0 Å². The summed E-state index contributed by atoms with van der Waals surface area (Å²) in [6, 6.07) is 17.2. The Labute approximate surface area is 187 Å². The van der Waals surface area contributed by atoms with Crippen LogP contribution in [0.4, 0.5) is 0 Å². The Morgan fingerprint density at radius 2 is 1.69 bits per heavy atom. The number of benzene rings is 2. The van der Waals surface area contributed by atoms with Gasteiger partial charge in [-0.25, -0.2) is 4.68 Å². The molecule has 0 saturated carbocycles. The average molecular weight is 434 g/mol. The van der Waals surface area contributed by atoms with Gasteiger partial charge in [0, 0.05) is 25.2 Å². The molecule has 8 heteroatoms. The van der Waals surface area contributed by atoms with Crippen molar-refractivity contribution in [3.8, 4) is 0 Å². The molecule has 1 N–H and O–H groups in total. The zero-order valence-electron chi connectivity index (χ0n) is 18.3. The minimum atomic E-state index is -0.291. The molecule has 2 aromatic carbocycles. The second kappa shape index (κ2) is 9.74. The predicted molar refractivity (Wildman–Crippen MR) is 119 cm³/mol. The van der Waals surface area contributed by atoms with E-state index in [-0.39, 0.29) is 29.7 Å². The molecule has 1 aromatic heterocycles. The lowest BCUT2D eigenvalue weighted by molar-refractivity contribution is -0.0586. The van der Waals surface area contributed by atoms with E-state index in [4.69, 9.17) is 4.74 Å². The maximum atomic E-state index is 12.8. The first kappa shape index (κ1) is 21.7. The van der Waals surface area contributed by atoms with E-state index in [0.717, 1.165) is 11.1 Å². The quantitative estimate of drug-likeness (QED) is 0.645. The van der Waals surface area contributed by atoms with E-state index in [1.807, 2.05) is 61.2 Å². The molecule has 1 fully saturated rings. The molecule has 0 bridgehead atoms. The normalized spacial score (nSPS) is 18.4. The van der Waals surface area contributed by atoms with Crippen LogP contribution in [0.3, 0.4) is 0 Å². The van der Waals surface area contributed by atoms with Gasteiger partial charge in [-0.1, -0.05) is 47.7 Å². The topological polar surface area (TPSA) is 89.4 Å². The highest BCUT2D eigenvalue weighted by atomic mass is 16.5. The van der Waals surface area contributed by atoms with E-state index in [2.05, 4.69) is 15.6 Å². The van der Waals surface area contributed by atoms with Crippen LogP contribution in [0.2, 0.25) is 0 Å². The number of nitrogens with one attached hydrogen (secondary N) is 1. The van der Waals surface area contributed by atoms with Crippen molar-refractivity contribution in [1.82, 2.24) is 25.2 Å². The molecule has 0 spiro atoms. The Hall–Kier alpha value is -3.52. The largest absolute Gasteiger partial charge is 0.372 e. The van der Waals surface area contributed by atoms with E-state index in [0.29, 0.717) is 31.7 Å². The number of morpholine rings is 1. The number of amides is 2. The number of aromatic nitrogens is 3. The molecule has 1 saturated heterocycles. The van der Waals surface area contributed by atoms with Crippen molar-refractivity contribution in [3.05, 3.63) is 83.2 Å². The minimum absolute atomic E-state index is 0.00221. The lowest BCUT2D eigenvalue weighted by Crippen LogP contribution is -2.48. The summed E-state index contributed by atoms with van der Waals surface area (Å²) in [5.41, 5.74) is 2.88. The zero-order chi connectivity index (χ0) is 22.5. The highest BCUT2D eigenvalue weighted by molar-refractivity contribution is 5.94. The van der Waals surface area contributed by atoms with Crippen LogP contribution in [0, 0.1) is 0 Å². The van der Waals surface area contributed by atoms with Crippen molar-refractivity contribution in [2.24, 2.45) is 0 Å². The van der Waals surface area contributed by atoms with Gasteiger partial charge >= 0.3 is 0 Å². The van der Waals surface area contributed by atoms with E-state index in [1.165, 1.54) is 0 Å². The Bertz CT molecular complexity index is 1050. The first-order chi connectivity index (χ1) is 15.5. The van der Waals surface area contributed by atoms with Crippen LogP contribution in [0.5, 0.6) is 0 Å². The van der Waals surface area contributed by atoms with Crippen molar-refractivity contribution in [2.45, 2.75) is 39.1 Å². The molecule has 4 rings (SSSR count). The number of carbonyl (C=O) groups excluding carboxylic acids is 2. The molecule has 2 amide bonds. The lowest BCUT2D eigenvalue weighted by Gasteiger charge is -2.35. The van der Waals surface area contributed by atoms with Gasteiger partial charge in [0.15, 0.2) is 5.69 Å². The molecule has 166 valence electrons. The first-order valence-corrected chi connectivity index (χ1v) is 10.7. The predicted octanol–water partition coefficient (Wildman–Crippen LogP) is 2.51. The summed E-state index contributed by atoms with van der Waals surface area (Å²) < 4.78 is 7.34. The molecule has 32 heavy (non-hydrogen) atoms. The minimum Gasteiger partial charge on any atom is -0.372 e. The number of rotatable bonds is 6. The third-order valence-corrected chi connectivity index (χ3v) is 5.32. The van der Waals surface area contributed by atoms with Crippen LogP contribution in [-0.4, -0.2) is 57.0 Å². The summed E-state index contributed by atoms with van der Waals surface area (Å²) in [5.74, 6) is -0.293. The van der Waals surface area contributed by atoms with Crippen LogP contribution >= 0.6 is 0 Å². The molecule has 3 aromatic rings. The first-order valence-electron chi connectivity index (χ1n) is 10.7. The van der Waals surface area contributed by atoms with Crippen molar-refractivity contribution in [1.29, 1.82) is 0 Å². The molecule has 1 aliphatic rings. The summed E-state index contributed by atoms with van der Waals surface area (Å²) in [6.07, 6.45) is 1.69. The smallest absolute Gasteiger partial charge is 0.273 e. The van der Waals surface area contributed by atoms with E-state index in [9.17, 15) is 9.59 Å². The standard InChI is InChI=1S/C24H27N5O3/c1-17-13-28(14-18(2)32-17)24(31)21-10-8-19(9-11-21)12-25-23(30)22-16-29(27-26-22)15-20-6-4-3-5-7-20/h3-11,16-18H,12-15H2,1-2H3,(H,25,30). The molecule has 2 atom stereocenters. The molecular formula is C24H27N5O3. The second-order valence-electron chi connectivity index (χ2n) is 8.13. The molecule has 8 nitrogen and oxygen atoms in total. The van der Waals surface area contributed by atoms with E-state index < -0.39 is 0 Å². The molecule has 0 aliphatic carbocycles. The van der Waals surface area contributed by atoms with Gasteiger partial charge in [0.05, 0.1) is 24.9 Å². The molecule has 0 radical (unpaired) electrons. The highest BCUT2D eigenvalue weighted by Gasteiger charge is 2.26. The Morgan fingerprint density at radius 3 is 2.38 bits per heavy atom. The van der Waals surface area contributed by atoms with Crippen molar-refractivity contribution in [3.63, 3.8) is 0 Å². The Balaban J connectivity index is 1.30. The van der Waals surface area contributed by atoms with Crippen molar-refractivity contribution < 1.29 is 14.3 Å². The van der Waals surface area contributed by atoms with Crippen LogP contribution in [-0.2, 0) is 17.8 Å². The van der Waals surface area contributed by atoms with Crippen LogP contribution in [0.1, 0.15) is 45.8 Å². The Kier molecular flexibility index (Phi) is 6.61. The summed E-state index contributed by atoms with van der Waals surface area (Å²) in [6.45, 7) is 6.02. The van der Waals surface area contributed by atoms with Gasteiger partial charge in [-0.3, -0.25) is 9.59 Å². The highest BCUT2D eigenvalue weighted by Crippen LogP contribution is 2.15. The third-order valence-electron chi connectivity index (χ3n) is 5.32. The SMILES string of the molecule is CC1CN(C(=O)c2ccc(CNC(=O)c3cn(Cc4ccccc4)nn3)cc2)CC(C)O1. The fourth-order valence-electron chi connectivity index (χ4n) is 3.81. The molecular weight excluding hydrogens is 406 g/mol. The van der Waals surface area contributed by atoms with Gasteiger partial charge in [-0.05, 0) is 37.1 Å². The van der Waals surface area contributed by atoms with Gasteiger partial charge in [-0.2, -0.15) is 0 Å². The monoisotopic (exact) mass is 433 g/mol. The number of ether oxygens (including phenoxy) is 1. The zero-order valence-corrected chi connectivity index (χ0v) is 18.3. The fraction of sp³-hybridized carbons (Fsp3) is 0.333. The van der Waals surface area contributed by atoms with Gasteiger partial charge in [0.2, 0.25) is 0 Å². The number of carbonyl (C=O) groups is 2. The van der Waals surface area contributed by atoms with Crippen LogP contribution in [0.15, 0.2) is 60.8 Å². The van der Waals surface area contributed by atoms with Gasteiger partial charge in [0.1, 0.15) is 0 Å². The fourth-order valence-corrected chi connectivity index (χ4v) is 3.81. The summed E-state index contributed by atoms with van der Waals surface area (Å²) >= 11 is 0. The molecule has 1 aliphatic heterocycles. The van der Waals surface area contributed by atoms with Crippen LogP contribution in [0.25, 0.3) is 0 Å². The van der Waals surface area contributed by atoms with Gasteiger partial charge < -0.3 is 15.0 Å². The van der Waals surface area contributed by atoms with Gasteiger partial charge in [-0.15, -0.1) is 5.10 Å². The maximum absolute atomic E-state index is 12.8. The van der Waals surface area contributed by atoms with Crippen molar-refractivity contribution >= 4 is 11.8 Å². The summed E-state index contributed by atoms with van der Waals surface area (Å²) in [5, 5.41) is 10.8.